The smallest absolute Gasteiger partial charge is 0.164 e. The van der Waals surface area contributed by atoms with Gasteiger partial charge in [0.1, 0.15) is 5.82 Å². The summed E-state index contributed by atoms with van der Waals surface area (Å²) in [5, 5.41) is 3.33. The molecule has 2 aromatic rings. The number of rotatable bonds is 7. The lowest BCUT2D eigenvalue weighted by Crippen LogP contribution is -2.29. The summed E-state index contributed by atoms with van der Waals surface area (Å²) in [6, 6.07) is 11.2. The lowest BCUT2D eigenvalue weighted by molar-refractivity contribution is 0.335. The molecule has 0 saturated carbocycles. The fourth-order valence-corrected chi connectivity index (χ4v) is 4.34. The Morgan fingerprint density at radius 1 is 1.19 bits per heavy atom. The molecule has 0 spiro atoms. The third-order valence-corrected chi connectivity index (χ3v) is 5.45. The van der Waals surface area contributed by atoms with E-state index < -0.39 is 0 Å². The minimum Gasteiger partial charge on any atom is -0.493 e. The Kier molecular flexibility index (Phi) is 6.15. The maximum Gasteiger partial charge on any atom is 0.164 e. The largest absolute Gasteiger partial charge is 0.493 e. The third-order valence-electron chi connectivity index (χ3n) is 5.45. The van der Waals surface area contributed by atoms with Crippen molar-refractivity contribution >= 4 is 0 Å². The Bertz CT molecular complexity index is 747. The number of ether oxygens (including phenoxy) is 2. The van der Waals surface area contributed by atoms with Crippen molar-refractivity contribution in [3.63, 3.8) is 0 Å². The van der Waals surface area contributed by atoms with Crippen molar-refractivity contribution < 1.29 is 13.9 Å². The molecular formula is C22H28FNO2. The zero-order valence-corrected chi connectivity index (χ0v) is 15.8. The SMILES string of the molecule is CNCC(Cc1cccc(F)c1)C1CCCc2c1ccc(OC)c2OC. The summed E-state index contributed by atoms with van der Waals surface area (Å²) in [5.74, 6) is 2.32. The van der Waals surface area contributed by atoms with E-state index in [9.17, 15) is 4.39 Å². The van der Waals surface area contributed by atoms with Crippen LogP contribution >= 0.6 is 0 Å². The first kappa shape index (κ1) is 18.7. The number of benzene rings is 2. The van der Waals surface area contributed by atoms with Gasteiger partial charge in [-0.2, -0.15) is 0 Å². The molecule has 1 aliphatic rings. The van der Waals surface area contributed by atoms with E-state index in [4.69, 9.17) is 9.47 Å². The Labute approximate surface area is 155 Å². The van der Waals surface area contributed by atoms with Crippen molar-refractivity contribution in [2.24, 2.45) is 5.92 Å². The van der Waals surface area contributed by atoms with Gasteiger partial charge in [-0.15, -0.1) is 0 Å². The third kappa shape index (κ3) is 3.85. The number of halogens is 1. The monoisotopic (exact) mass is 357 g/mol. The number of methoxy groups -OCH3 is 2. The lowest BCUT2D eigenvalue weighted by Gasteiger charge is -2.33. The van der Waals surface area contributed by atoms with Crippen LogP contribution in [0.3, 0.4) is 0 Å². The topological polar surface area (TPSA) is 30.5 Å². The van der Waals surface area contributed by atoms with Crippen molar-refractivity contribution in [3.05, 3.63) is 58.9 Å². The van der Waals surface area contributed by atoms with Crippen molar-refractivity contribution in [2.45, 2.75) is 31.6 Å². The fourth-order valence-electron chi connectivity index (χ4n) is 4.34. The van der Waals surface area contributed by atoms with Gasteiger partial charge in [-0.05, 0) is 80.4 Å². The highest BCUT2D eigenvalue weighted by Crippen LogP contribution is 2.44. The van der Waals surface area contributed by atoms with Crippen LogP contribution in [0.15, 0.2) is 36.4 Å². The number of nitrogens with one attached hydrogen (secondary N) is 1. The molecule has 2 atom stereocenters. The quantitative estimate of drug-likeness (QED) is 0.799. The van der Waals surface area contributed by atoms with Crippen LogP contribution in [-0.4, -0.2) is 27.8 Å². The highest BCUT2D eigenvalue weighted by molar-refractivity contribution is 5.53. The van der Waals surface area contributed by atoms with Gasteiger partial charge in [0.05, 0.1) is 14.2 Å². The van der Waals surface area contributed by atoms with Crippen LogP contribution in [-0.2, 0) is 12.8 Å². The molecule has 4 heteroatoms. The summed E-state index contributed by atoms with van der Waals surface area (Å²) in [6.07, 6.45) is 4.14. The molecule has 0 aromatic heterocycles. The highest BCUT2D eigenvalue weighted by Gasteiger charge is 2.30. The van der Waals surface area contributed by atoms with E-state index in [1.807, 2.05) is 19.2 Å². The first-order valence-electron chi connectivity index (χ1n) is 9.30. The molecule has 2 aromatic carbocycles. The number of hydrogen-bond donors (Lipinski definition) is 1. The van der Waals surface area contributed by atoms with Crippen LogP contribution in [0, 0.1) is 11.7 Å². The molecular weight excluding hydrogens is 329 g/mol. The van der Waals surface area contributed by atoms with Crippen LogP contribution in [0.2, 0.25) is 0 Å². The van der Waals surface area contributed by atoms with Gasteiger partial charge in [0.15, 0.2) is 11.5 Å². The van der Waals surface area contributed by atoms with Crippen LogP contribution in [0.4, 0.5) is 4.39 Å². The molecule has 3 rings (SSSR count). The predicted octanol–water partition coefficient (Wildman–Crippen LogP) is 4.34. The Hall–Kier alpha value is -2.07. The summed E-state index contributed by atoms with van der Waals surface area (Å²) in [5.41, 5.74) is 3.67. The molecule has 0 radical (unpaired) electrons. The van der Waals surface area contributed by atoms with Crippen molar-refractivity contribution in [1.29, 1.82) is 0 Å². The van der Waals surface area contributed by atoms with E-state index in [1.165, 1.54) is 17.2 Å². The molecule has 2 unspecified atom stereocenters. The normalized spacial score (nSPS) is 17.5. The molecule has 0 aliphatic heterocycles. The van der Waals surface area contributed by atoms with Gasteiger partial charge in [-0.1, -0.05) is 18.2 Å². The summed E-state index contributed by atoms with van der Waals surface area (Å²) in [7, 11) is 5.37. The molecule has 0 amide bonds. The zero-order chi connectivity index (χ0) is 18.5. The van der Waals surface area contributed by atoms with Gasteiger partial charge < -0.3 is 14.8 Å². The first-order chi connectivity index (χ1) is 12.7. The van der Waals surface area contributed by atoms with E-state index in [0.29, 0.717) is 11.8 Å². The molecule has 140 valence electrons. The van der Waals surface area contributed by atoms with Crippen LogP contribution in [0.1, 0.15) is 35.4 Å². The van der Waals surface area contributed by atoms with Gasteiger partial charge in [0, 0.05) is 5.56 Å². The average molecular weight is 357 g/mol. The molecule has 0 bridgehead atoms. The summed E-state index contributed by atoms with van der Waals surface area (Å²) < 4.78 is 24.8. The van der Waals surface area contributed by atoms with Crippen molar-refractivity contribution in [3.8, 4) is 11.5 Å². The second-order valence-electron chi connectivity index (χ2n) is 7.02. The second kappa shape index (κ2) is 8.54. The summed E-state index contributed by atoms with van der Waals surface area (Å²) in [4.78, 5) is 0. The summed E-state index contributed by atoms with van der Waals surface area (Å²) in [6.45, 7) is 0.898. The van der Waals surface area contributed by atoms with Crippen molar-refractivity contribution in [2.75, 3.05) is 27.8 Å². The van der Waals surface area contributed by atoms with E-state index in [1.54, 1.807) is 26.4 Å². The Morgan fingerprint density at radius 2 is 2.04 bits per heavy atom. The van der Waals surface area contributed by atoms with E-state index in [-0.39, 0.29) is 5.82 Å². The molecule has 0 fully saturated rings. The molecule has 1 aliphatic carbocycles. The minimum absolute atomic E-state index is 0.166. The summed E-state index contributed by atoms with van der Waals surface area (Å²) >= 11 is 0. The molecule has 1 N–H and O–H groups in total. The maximum absolute atomic E-state index is 13.6. The average Bonchev–Trinajstić information content (AvgIpc) is 2.66. The highest BCUT2D eigenvalue weighted by atomic mass is 19.1. The zero-order valence-electron chi connectivity index (χ0n) is 15.8. The fraction of sp³-hybridized carbons (Fsp3) is 0.455. The van der Waals surface area contributed by atoms with Gasteiger partial charge in [-0.3, -0.25) is 0 Å². The van der Waals surface area contributed by atoms with Crippen LogP contribution in [0.5, 0.6) is 11.5 Å². The molecule has 0 saturated heterocycles. The number of hydrogen-bond acceptors (Lipinski definition) is 3. The molecule has 0 heterocycles. The Balaban J connectivity index is 1.94. The van der Waals surface area contributed by atoms with Gasteiger partial charge >= 0.3 is 0 Å². The second-order valence-corrected chi connectivity index (χ2v) is 7.02. The van der Waals surface area contributed by atoms with Gasteiger partial charge in [0.2, 0.25) is 0 Å². The molecule has 3 nitrogen and oxygen atoms in total. The molecule has 26 heavy (non-hydrogen) atoms. The minimum atomic E-state index is -0.166. The standard InChI is InChI=1S/C22H28FNO2/c1-24-14-16(12-15-6-4-7-17(23)13-15)18-8-5-9-20-19(18)10-11-21(25-2)22(20)26-3/h4,6-7,10-11,13,16,18,24H,5,8-9,12,14H2,1-3H3. The lowest BCUT2D eigenvalue weighted by atomic mass is 9.73. The van der Waals surface area contributed by atoms with Crippen LogP contribution in [0.25, 0.3) is 0 Å². The predicted molar refractivity (Wildman–Crippen MR) is 103 cm³/mol. The first-order valence-corrected chi connectivity index (χ1v) is 9.30. The van der Waals surface area contributed by atoms with E-state index >= 15 is 0 Å². The van der Waals surface area contributed by atoms with Gasteiger partial charge in [0.25, 0.3) is 0 Å². The number of fused-ring (bicyclic) bond motifs is 1. The van der Waals surface area contributed by atoms with Crippen LogP contribution < -0.4 is 14.8 Å². The van der Waals surface area contributed by atoms with E-state index in [2.05, 4.69) is 11.4 Å². The maximum atomic E-state index is 13.6. The van der Waals surface area contributed by atoms with Crippen molar-refractivity contribution in [1.82, 2.24) is 5.32 Å². The van der Waals surface area contributed by atoms with E-state index in [0.717, 1.165) is 49.3 Å². The van der Waals surface area contributed by atoms with Gasteiger partial charge in [-0.25, -0.2) is 4.39 Å². The Morgan fingerprint density at radius 3 is 2.73 bits per heavy atom.